The van der Waals surface area contributed by atoms with Crippen molar-refractivity contribution in [2.45, 2.75) is 23.3 Å². The van der Waals surface area contributed by atoms with Crippen molar-refractivity contribution in [2.75, 3.05) is 12.8 Å². The molecule has 0 aromatic heterocycles. The summed E-state index contributed by atoms with van der Waals surface area (Å²) in [6.45, 7) is 0.505. The molecule has 110 valence electrons. The van der Waals surface area contributed by atoms with E-state index in [0.717, 1.165) is 12.8 Å². The second kappa shape index (κ2) is 6.01. The van der Waals surface area contributed by atoms with Crippen LogP contribution in [0.3, 0.4) is 0 Å². The number of thiocarbonyl (C=S) groups is 1. The average Bonchev–Trinajstić information content (AvgIpc) is 3.17. The van der Waals surface area contributed by atoms with Crippen molar-refractivity contribution >= 4 is 39.0 Å². The Labute approximate surface area is 129 Å². The minimum atomic E-state index is -3.33. The van der Waals surface area contributed by atoms with E-state index in [-0.39, 0.29) is 15.5 Å². The van der Waals surface area contributed by atoms with Crippen molar-refractivity contribution in [1.29, 1.82) is 0 Å². The fourth-order valence-corrected chi connectivity index (χ4v) is 4.08. The van der Waals surface area contributed by atoms with E-state index in [0.29, 0.717) is 17.7 Å². The molecule has 1 aliphatic carbocycles. The summed E-state index contributed by atoms with van der Waals surface area (Å²) in [5.41, 5.74) is 6.93. The molecule has 0 atom stereocenters. The quantitative estimate of drug-likeness (QED) is 0.744. The van der Waals surface area contributed by atoms with Gasteiger partial charge in [0, 0.05) is 16.9 Å². The van der Waals surface area contributed by atoms with Crippen molar-refractivity contribution in [2.24, 2.45) is 5.73 Å². The summed E-state index contributed by atoms with van der Waals surface area (Å²) in [6.07, 6.45) is 4.17. The molecule has 4 nitrogen and oxygen atoms in total. The van der Waals surface area contributed by atoms with Crippen LogP contribution < -0.4 is 10.5 Å². The summed E-state index contributed by atoms with van der Waals surface area (Å²) in [5.74, 6) is -0.0477. The number of thioether (sulfide) groups is 1. The largest absolute Gasteiger partial charge is 0.389 e. The maximum atomic E-state index is 12.1. The standard InChI is InChI=1S/C13H18N2O2S3/c1-19-13(5-6-13)9-15-20(16,17)8-10-3-2-4-11(7-10)12(14)18/h2-4,7,15H,5-6,8-9H2,1H3,(H2,14,18). The highest BCUT2D eigenvalue weighted by molar-refractivity contribution is 8.00. The molecule has 0 radical (unpaired) electrons. The van der Waals surface area contributed by atoms with Gasteiger partial charge in [-0.15, -0.1) is 0 Å². The first-order chi connectivity index (χ1) is 9.36. The molecule has 20 heavy (non-hydrogen) atoms. The molecule has 0 aliphatic heterocycles. The van der Waals surface area contributed by atoms with Crippen LogP contribution in [-0.2, 0) is 15.8 Å². The van der Waals surface area contributed by atoms with Crippen molar-refractivity contribution in [3.05, 3.63) is 35.4 Å². The molecule has 1 fully saturated rings. The third kappa shape index (κ3) is 4.18. The summed E-state index contributed by atoms with van der Waals surface area (Å²) < 4.78 is 27.0. The van der Waals surface area contributed by atoms with Gasteiger partial charge in [0.05, 0.1) is 5.75 Å². The van der Waals surface area contributed by atoms with E-state index in [4.69, 9.17) is 18.0 Å². The van der Waals surface area contributed by atoms with Gasteiger partial charge in [0.25, 0.3) is 0 Å². The Morgan fingerprint density at radius 3 is 2.75 bits per heavy atom. The fourth-order valence-electron chi connectivity index (χ4n) is 1.92. The molecular weight excluding hydrogens is 312 g/mol. The Morgan fingerprint density at radius 1 is 1.50 bits per heavy atom. The summed E-state index contributed by atoms with van der Waals surface area (Å²) >= 11 is 6.63. The van der Waals surface area contributed by atoms with Gasteiger partial charge in [0.1, 0.15) is 4.99 Å². The molecule has 3 N–H and O–H groups in total. The van der Waals surface area contributed by atoms with Crippen LogP contribution in [0, 0.1) is 0 Å². The number of nitrogens with one attached hydrogen (secondary N) is 1. The fraction of sp³-hybridized carbons (Fsp3) is 0.462. The lowest BCUT2D eigenvalue weighted by atomic mass is 10.1. The monoisotopic (exact) mass is 330 g/mol. The molecule has 1 saturated carbocycles. The first-order valence-electron chi connectivity index (χ1n) is 6.27. The van der Waals surface area contributed by atoms with Gasteiger partial charge in [0.15, 0.2) is 0 Å². The predicted molar refractivity (Wildman–Crippen MR) is 88.4 cm³/mol. The highest BCUT2D eigenvalue weighted by atomic mass is 32.2. The molecule has 0 saturated heterocycles. The Bertz CT molecular complexity index is 610. The van der Waals surface area contributed by atoms with Crippen LogP contribution in [-0.4, -0.2) is 31.0 Å². The van der Waals surface area contributed by atoms with Crippen LogP contribution in [0.2, 0.25) is 0 Å². The van der Waals surface area contributed by atoms with E-state index in [1.165, 1.54) is 0 Å². The van der Waals surface area contributed by atoms with Gasteiger partial charge in [-0.2, -0.15) is 11.8 Å². The van der Waals surface area contributed by atoms with E-state index in [9.17, 15) is 8.42 Å². The van der Waals surface area contributed by atoms with E-state index in [1.807, 2.05) is 6.26 Å². The zero-order valence-electron chi connectivity index (χ0n) is 11.3. The SMILES string of the molecule is CSC1(CNS(=O)(=O)Cc2cccc(C(N)=S)c2)CC1. The van der Waals surface area contributed by atoms with Gasteiger partial charge in [-0.25, -0.2) is 13.1 Å². The number of rotatable bonds is 7. The van der Waals surface area contributed by atoms with Crippen LogP contribution in [0.5, 0.6) is 0 Å². The van der Waals surface area contributed by atoms with Crippen LogP contribution in [0.15, 0.2) is 24.3 Å². The predicted octanol–water partition coefficient (Wildman–Crippen LogP) is 1.64. The maximum Gasteiger partial charge on any atom is 0.215 e. The lowest BCUT2D eigenvalue weighted by Gasteiger charge is -2.13. The molecule has 1 aliphatic rings. The molecule has 0 heterocycles. The van der Waals surface area contributed by atoms with E-state index < -0.39 is 10.0 Å². The van der Waals surface area contributed by atoms with Gasteiger partial charge >= 0.3 is 0 Å². The number of hydrogen-bond donors (Lipinski definition) is 2. The highest BCUT2D eigenvalue weighted by Gasteiger charge is 2.42. The van der Waals surface area contributed by atoms with Gasteiger partial charge in [0.2, 0.25) is 10.0 Å². The third-order valence-electron chi connectivity index (χ3n) is 3.42. The summed E-state index contributed by atoms with van der Waals surface area (Å²) in [4.78, 5) is 0.275. The molecule has 0 bridgehead atoms. The molecule has 2 rings (SSSR count). The topological polar surface area (TPSA) is 72.2 Å². The third-order valence-corrected chi connectivity index (χ3v) is 6.37. The Hall–Kier alpha value is -0.630. The summed E-state index contributed by atoms with van der Waals surface area (Å²) in [6, 6.07) is 7.04. The van der Waals surface area contributed by atoms with Crippen LogP contribution in [0.25, 0.3) is 0 Å². The van der Waals surface area contributed by atoms with Crippen LogP contribution in [0.4, 0.5) is 0 Å². The Kier molecular flexibility index (Phi) is 4.73. The zero-order chi connectivity index (χ0) is 14.8. The Balaban J connectivity index is 2.01. The summed E-state index contributed by atoms with van der Waals surface area (Å²) in [7, 11) is -3.33. The van der Waals surface area contributed by atoms with Crippen molar-refractivity contribution < 1.29 is 8.42 Å². The minimum Gasteiger partial charge on any atom is -0.389 e. The highest BCUT2D eigenvalue weighted by Crippen LogP contribution is 2.46. The van der Waals surface area contributed by atoms with Crippen molar-refractivity contribution in [3.8, 4) is 0 Å². The molecular formula is C13H18N2O2S3. The van der Waals surface area contributed by atoms with Crippen molar-refractivity contribution in [3.63, 3.8) is 0 Å². The number of nitrogens with two attached hydrogens (primary N) is 1. The lowest BCUT2D eigenvalue weighted by molar-refractivity contribution is 0.579. The molecule has 0 unspecified atom stereocenters. The molecule has 0 spiro atoms. The zero-order valence-corrected chi connectivity index (χ0v) is 13.7. The molecule has 1 aromatic carbocycles. The first-order valence-corrected chi connectivity index (χ1v) is 9.56. The van der Waals surface area contributed by atoms with Crippen molar-refractivity contribution in [1.82, 2.24) is 4.72 Å². The summed E-state index contributed by atoms with van der Waals surface area (Å²) in [5, 5.41) is 0. The van der Waals surface area contributed by atoms with Crippen LogP contribution in [0.1, 0.15) is 24.0 Å². The maximum absolute atomic E-state index is 12.1. The number of benzene rings is 1. The van der Waals surface area contributed by atoms with Gasteiger partial charge < -0.3 is 5.73 Å². The first kappa shape index (κ1) is 15.8. The van der Waals surface area contributed by atoms with E-state index >= 15 is 0 Å². The molecule has 7 heteroatoms. The van der Waals surface area contributed by atoms with Gasteiger partial charge in [-0.1, -0.05) is 30.4 Å². The van der Waals surface area contributed by atoms with E-state index in [1.54, 1.807) is 36.0 Å². The minimum absolute atomic E-state index is 0.0477. The Morgan fingerprint density at radius 2 is 2.20 bits per heavy atom. The lowest BCUT2D eigenvalue weighted by Crippen LogP contribution is -2.32. The smallest absolute Gasteiger partial charge is 0.215 e. The van der Waals surface area contributed by atoms with Gasteiger partial charge in [-0.05, 0) is 30.7 Å². The van der Waals surface area contributed by atoms with Gasteiger partial charge in [-0.3, -0.25) is 0 Å². The normalized spacial score (nSPS) is 16.9. The second-order valence-electron chi connectivity index (χ2n) is 5.03. The molecule has 1 aromatic rings. The van der Waals surface area contributed by atoms with Crippen LogP contribution >= 0.6 is 24.0 Å². The second-order valence-corrected chi connectivity index (χ2v) is 8.55. The average molecular weight is 331 g/mol. The number of sulfonamides is 1. The number of hydrogen-bond acceptors (Lipinski definition) is 4. The van der Waals surface area contributed by atoms with E-state index in [2.05, 4.69) is 4.72 Å². The molecule has 0 amide bonds.